The van der Waals surface area contributed by atoms with Crippen LogP contribution in [0.5, 0.6) is 0 Å². The lowest BCUT2D eigenvalue weighted by atomic mass is 10.00. The molecular weight excluding hydrogens is 148 g/mol. The van der Waals surface area contributed by atoms with Crippen molar-refractivity contribution >= 4 is 17.9 Å². The van der Waals surface area contributed by atoms with Crippen molar-refractivity contribution in [1.29, 1.82) is 0 Å². The Kier molecular flexibility index (Phi) is 4.36. The molecule has 0 bridgehead atoms. The van der Waals surface area contributed by atoms with Gasteiger partial charge < -0.3 is 4.74 Å². The van der Waals surface area contributed by atoms with Crippen molar-refractivity contribution in [3.05, 3.63) is 0 Å². The first-order valence-electron chi connectivity index (χ1n) is 3.37. The van der Waals surface area contributed by atoms with Gasteiger partial charge in [-0.25, -0.2) is 4.79 Å². The van der Waals surface area contributed by atoms with Gasteiger partial charge in [0.25, 0.3) is 0 Å². The molecule has 0 aliphatic heterocycles. The Balaban J connectivity index is 3.39. The molecule has 0 aliphatic rings. The number of rotatable bonds is 3. The third-order valence-electron chi connectivity index (χ3n) is 1.60. The van der Waals surface area contributed by atoms with Gasteiger partial charge in [0.05, 0.1) is 6.61 Å². The number of hydrogen-bond donors (Lipinski definition) is 0. The Morgan fingerprint density at radius 3 is 2.30 bits per heavy atom. The molecule has 0 aromatic rings. The summed E-state index contributed by atoms with van der Waals surface area (Å²) in [5.41, 5.74) is 0. The lowest BCUT2D eigenvalue weighted by Gasteiger charge is -2.13. The molecule has 0 aromatic carbocycles. The zero-order valence-electron chi connectivity index (χ0n) is 6.59. The summed E-state index contributed by atoms with van der Waals surface area (Å²) in [6, 6.07) is 0. The highest BCUT2D eigenvalue weighted by Crippen LogP contribution is 2.09. The largest absolute Gasteiger partial charge is 0.454 e. The molecule has 1 radical (unpaired) electrons. The van der Waals surface area contributed by atoms with Gasteiger partial charge in [-0.2, -0.15) is 0 Å². The first kappa shape index (κ1) is 9.69. The van der Waals surface area contributed by atoms with Gasteiger partial charge in [0, 0.05) is 12.6 Å². The smallest absolute Gasteiger partial charge is 0.400 e. The van der Waals surface area contributed by atoms with Crippen molar-refractivity contribution in [2.24, 2.45) is 11.8 Å². The van der Waals surface area contributed by atoms with Gasteiger partial charge in [0.15, 0.2) is 0 Å². The molecule has 0 spiro atoms. The fourth-order valence-corrected chi connectivity index (χ4v) is 0.460. The molecule has 1 unspecified atom stereocenters. The summed E-state index contributed by atoms with van der Waals surface area (Å²) in [6.07, 6.45) is 0. The second kappa shape index (κ2) is 4.50. The van der Waals surface area contributed by atoms with Crippen molar-refractivity contribution < 1.29 is 9.53 Å². The van der Waals surface area contributed by atoms with Crippen LogP contribution in [0, 0.1) is 11.8 Å². The van der Waals surface area contributed by atoms with Crippen LogP contribution in [0.15, 0.2) is 0 Å². The van der Waals surface area contributed by atoms with E-state index in [1.54, 1.807) is 0 Å². The second-order valence-corrected chi connectivity index (χ2v) is 3.12. The van der Waals surface area contributed by atoms with Gasteiger partial charge in [-0.3, -0.25) is 0 Å². The van der Waals surface area contributed by atoms with Crippen molar-refractivity contribution in [2.45, 2.75) is 20.8 Å². The van der Waals surface area contributed by atoms with Gasteiger partial charge >= 0.3 is 5.30 Å². The summed E-state index contributed by atoms with van der Waals surface area (Å²) in [4.78, 5) is 10.2. The van der Waals surface area contributed by atoms with Gasteiger partial charge in [-0.1, -0.05) is 20.8 Å². The van der Waals surface area contributed by atoms with E-state index in [-0.39, 0.29) is 0 Å². The maximum atomic E-state index is 10.2. The minimum absolute atomic E-state index is 0.395. The van der Waals surface area contributed by atoms with E-state index in [0.29, 0.717) is 18.4 Å². The monoisotopic (exact) mass is 161 g/mol. The molecule has 59 valence electrons. The van der Waals surface area contributed by atoms with Crippen LogP contribution in [0.4, 0.5) is 4.79 Å². The molecule has 0 heterocycles. The van der Waals surface area contributed by atoms with Gasteiger partial charge in [-0.15, -0.1) is 0 Å². The highest BCUT2D eigenvalue weighted by Gasteiger charge is 2.08. The number of carbonyl (C=O) groups excluding carboxylic acids is 1. The van der Waals surface area contributed by atoms with E-state index < -0.39 is 5.30 Å². The summed E-state index contributed by atoms with van der Waals surface area (Å²) < 4.78 is 4.64. The molecule has 0 aliphatic carbocycles. The average Bonchev–Trinajstić information content (AvgIpc) is 1.82. The Morgan fingerprint density at radius 2 is 2.00 bits per heavy atom. The van der Waals surface area contributed by atoms with Crippen molar-refractivity contribution in [3.63, 3.8) is 0 Å². The summed E-state index contributed by atoms with van der Waals surface area (Å²) in [5, 5.41) is -0.604. The number of carbonyl (C=O) groups is 1. The Hall–Kier alpha value is -0.310. The van der Waals surface area contributed by atoms with Crippen molar-refractivity contribution in [3.8, 4) is 0 Å². The highest BCUT2D eigenvalue weighted by molar-refractivity contribution is 7.96. The van der Waals surface area contributed by atoms with E-state index in [0.717, 1.165) is 0 Å². The van der Waals surface area contributed by atoms with E-state index in [1.807, 2.05) is 6.92 Å². The Bertz CT molecular complexity index is 112. The van der Waals surface area contributed by atoms with Crippen LogP contribution >= 0.6 is 12.6 Å². The zero-order valence-corrected chi connectivity index (χ0v) is 7.40. The van der Waals surface area contributed by atoms with Gasteiger partial charge in [0.2, 0.25) is 0 Å². The minimum atomic E-state index is -0.604. The molecular formula is C7H13O2S. The fourth-order valence-electron chi connectivity index (χ4n) is 0.392. The predicted octanol–water partition coefficient (Wildman–Crippen LogP) is 2.61. The lowest BCUT2D eigenvalue weighted by molar-refractivity contribution is 0.145. The normalized spacial score (nSPS) is 13.2. The standard InChI is InChI=1S/C7H13O2S/c1-5(2)6(3)4-9-7(8)10/h5-6H,4H2,1-3H3. The molecule has 3 heteroatoms. The maximum absolute atomic E-state index is 10.2. The minimum Gasteiger partial charge on any atom is -0.454 e. The van der Waals surface area contributed by atoms with Crippen LogP contribution in [0.1, 0.15) is 20.8 Å². The second-order valence-electron chi connectivity index (χ2n) is 2.78. The highest BCUT2D eigenvalue weighted by atomic mass is 32.1. The molecule has 2 nitrogen and oxygen atoms in total. The van der Waals surface area contributed by atoms with Gasteiger partial charge in [-0.05, 0) is 11.8 Å². The van der Waals surface area contributed by atoms with E-state index in [9.17, 15) is 4.79 Å². The van der Waals surface area contributed by atoms with Crippen LogP contribution < -0.4 is 0 Å². The van der Waals surface area contributed by atoms with E-state index in [4.69, 9.17) is 0 Å². The maximum Gasteiger partial charge on any atom is 0.400 e. The number of hydrogen-bond acceptors (Lipinski definition) is 2. The predicted molar refractivity (Wildman–Crippen MR) is 42.9 cm³/mol. The molecule has 1 atom stereocenters. The molecule has 0 amide bonds. The average molecular weight is 161 g/mol. The van der Waals surface area contributed by atoms with E-state index in [2.05, 4.69) is 31.2 Å². The van der Waals surface area contributed by atoms with E-state index >= 15 is 0 Å². The topological polar surface area (TPSA) is 26.3 Å². The molecule has 0 rings (SSSR count). The molecule has 0 saturated heterocycles. The SMILES string of the molecule is CC(C)C(C)COC(=O)[S]. The van der Waals surface area contributed by atoms with Crippen LogP contribution in [0.25, 0.3) is 0 Å². The summed E-state index contributed by atoms with van der Waals surface area (Å²) in [5.74, 6) is 0.932. The summed E-state index contributed by atoms with van der Waals surface area (Å²) in [7, 11) is 0. The first-order valence-corrected chi connectivity index (χ1v) is 3.78. The third-order valence-corrected chi connectivity index (χ3v) is 1.72. The zero-order chi connectivity index (χ0) is 8.15. The third kappa shape index (κ3) is 4.56. The molecule has 0 aromatic heterocycles. The molecule has 0 saturated carbocycles. The molecule has 10 heavy (non-hydrogen) atoms. The van der Waals surface area contributed by atoms with Crippen molar-refractivity contribution in [1.82, 2.24) is 0 Å². The first-order chi connectivity index (χ1) is 4.54. The van der Waals surface area contributed by atoms with Crippen molar-refractivity contribution in [2.75, 3.05) is 6.61 Å². The van der Waals surface area contributed by atoms with Crippen LogP contribution in [0.3, 0.4) is 0 Å². The van der Waals surface area contributed by atoms with Gasteiger partial charge in [0.1, 0.15) is 0 Å². The molecule has 0 N–H and O–H groups in total. The fraction of sp³-hybridized carbons (Fsp3) is 0.857. The number of ether oxygens (including phenoxy) is 1. The Labute approximate surface area is 67.4 Å². The van der Waals surface area contributed by atoms with Crippen LogP contribution in [-0.2, 0) is 4.74 Å². The Morgan fingerprint density at radius 1 is 1.50 bits per heavy atom. The van der Waals surface area contributed by atoms with Crippen LogP contribution in [-0.4, -0.2) is 11.9 Å². The van der Waals surface area contributed by atoms with Crippen LogP contribution in [0.2, 0.25) is 0 Å². The summed E-state index contributed by atoms with van der Waals surface area (Å²) >= 11 is 4.22. The summed E-state index contributed by atoms with van der Waals surface area (Å²) in [6.45, 7) is 6.65. The molecule has 0 fully saturated rings. The van der Waals surface area contributed by atoms with E-state index in [1.165, 1.54) is 0 Å². The lowest BCUT2D eigenvalue weighted by Crippen LogP contribution is -2.12. The quantitative estimate of drug-likeness (QED) is 0.595.